The molecule has 10 heteroatoms. The molecule has 0 aromatic rings. The number of hydrogen-bond acceptors (Lipinski definition) is 10. The fourth-order valence-electron chi connectivity index (χ4n) is 2.26. The van der Waals surface area contributed by atoms with Gasteiger partial charge < -0.3 is 50.0 Å². The molecule has 0 saturated carbocycles. The molecule has 9 atom stereocenters. The molecule has 0 aliphatic carbocycles. The summed E-state index contributed by atoms with van der Waals surface area (Å²) in [6.45, 7) is -0.934. The molecule has 0 amide bonds. The summed E-state index contributed by atoms with van der Waals surface area (Å²) in [4.78, 5) is 0. The summed E-state index contributed by atoms with van der Waals surface area (Å²) in [5.74, 6) is 0. The summed E-state index contributed by atoms with van der Waals surface area (Å²) in [6.07, 6.45) is -13.4. The minimum Gasteiger partial charge on any atom is -0.394 e. The van der Waals surface area contributed by atoms with Gasteiger partial charge in [0, 0.05) is 0 Å². The van der Waals surface area contributed by atoms with Crippen molar-refractivity contribution >= 4 is 0 Å². The van der Waals surface area contributed by atoms with Crippen LogP contribution in [0.25, 0.3) is 0 Å². The van der Waals surface area contributed by atoms with Crippen molar-refractivity contribution in [2.45, 2.75) is 55.3 Å². The van der Waals surface area contributed by atoms with Crippen LogP contribution in [0.3, 0.4) is 0 Å². The summed E-state index contributed by atoms with van der Waals surface area (Å²) >= 11 is 0. The zero-order valence-corrected chi connectivity index (χ0v) is 11.0. The summed E-state index contributed by atoms with van der Waals surface area (Å²) in [5.41, 5.74) is 0. The van der Waals surface area contributed by atoms with E-state index in [0.29, 0.717) is 0 Å². The summed E-state index contributed by atoms with van der Waals surface area (Å²) in [7, 11) is 0. The first-order valence-electron chi connectivity index (χ1n) is 6.48. The van der Waals surface area contributed by atoms with Gasteiger partial charge in [-0.3, -0.25) is 0 Å². The van der Waals surface area contributed by atoms with Gasteiger partial charge in [-0.05, 0) is 0 Å². The van der Waals surface area contributed by atoms with E-state index in [1.54, 1.807) is 0 Å². The van der Waals surface area contributed by atoms with Crippen LogP contribution in [0, 0.1) is 0 Å². The van der Waals surface area contributed by atoms with Crippen LogP contribution in [0.2, 0.25) is 0 Å². The van der Waals surface area contributed by atoms with Gasteiger partial charge in [-0.2, -0.15) is 0 Å². The van der Waals surface area contributed by atoms with Gasteiger partial charge in [-0.15, -0.1) is 0 Å². The van der Waals surface area contributed by atoms with E-state index < -0.39 is 61.9 Å². The average Bonchev–Trinajstić information content (AvgIpc) is 2.47. The molecule has 124 valence electrons. The second kappa shape index (κ2) is 6.79. The molecular formula is C11H20O10. The van der Waals surface area contributed by atoms with E-state index in [4.69, 9.17) is 19.3 Å². The molecule has 0 radical (unpaired) electrons. The van der Waals surface area contributed by atoms with Crippen LogP contribution in [0.1, 0.15) is 0 Å². The predicted octanol–water partition coefficient (Wildman–Crippen LogP) is -4.76. The molecule has 0 aromatic carbocycles. The molecule has 7 N–H and O–H groups in total. The standard InChI is InChI=1S/C11H20O10/c12-1-4-6(15)7(16)8(17)11(20-4)21-9-5(14)3(13)2-19-10(9)18/h3-18H,1-2H2/t3-,4-,5+,6-,7+,8-,9-,10-,11+/m1/s1. The maximum atomic E-state index is 9.78. The van der Waals surface area contributed by atoms with Crippen LogP contribution < -0.4 is 0 Å². The molecule has 0 unspecified atom stereocenters. The van der Waals surface area contributed by atoms with Crippen LogP contribution in [-0.2, 0) is 14.2 Å². The topological polar surface area (TPSA) is 169 Å². The Labute approximate surface area is 119 Å². The van der Waals surface area contributed by atoms with Crippen LogP contribution in [0.5, 0.6) is 0 Å². The molecule has 21 heavy (non-hydrogen) atoms. The zero-order chi connectivity index (χ0) is 15.7. The minimum absolute atomic E-state index is 0.295. The molecule has 2 aliphatic rings. The van der Waals surface area contributed by atoms with Crippen molar-refractivity contribution in [1.82, 2.24) is 0 Å². The summed E-state index contributed by atoms with van der Waals surface area (Å²) in [6, 6.07) is 0. The van der Waals surface area contributed by atoms with Crippen LogP contribution in [0.15, 0.2) is 0 Å². The molecule has 2 rings (SSSR count). The van der Waals surface area contributed by atoms with E-state index in [1.165, 1.54) is 0 Å². The van der Waals surface area contributed by atoms with Crippen molar-refractivity contribution in [2.75, 3.05) is 13.2 Å². The highest BCUT2D eigenvalue weighted by molar-refractivity contribution is 4.91. The molecule has 2 saturated heterocycles. The van der Waals surface area contributed by atoms with Crippen molar-refractivity contribution in [3.05, 3.63) is 0 Å². The second-order valence-corrected chi connectivity index (χ2v) is 5.08. The molecule has 2 heterocycles. The molecule has 0 spiro atoms. The Morgan fingerprint density at radius 1 is 0.905 bits per heavy atom. The van der Waals surface area contributed by atoms with Crippen LogP contribution in [0.4, 0.5) is 0 Å². The van der Waals surface area contributed by atoms with Crippen LogP contribution >= 0.6 is 0 Å². The van der Waals surface area contributed by atoms with Gasteiger partial charge >= 0.3 is 0 Å². The van der Waals surface area contributed by atoms with Crippen molar-refractivity contribution in [2.24, 2.45) is 0 Å². The number of hydrogen-bond donors (Lipinski definition) is 7. The highest BCUT2D eigenvalue weighted by Crippen LogP contribution is 2.26. The maximum absolute atomic E-state index is 9.78. The van der Waals surface area contributed by atoms with Gasteiger partial charge in [0.25, 0.3) is 0 Å². The van der Waals surface area contributed by atoms with Crippen molar-refractivity contribution in [3.63, 3.8) is 0 Å². The molecular weight excluding hydrogens is 292 g/mol. The zero-order valence-electron chi connectivity index (χ0n) is 11.0. The lowest BCUT2D eigenvalue weighted by molar-refractivity contribution is -0.352. The number of rotatable bonds is 3. The van der Waals surface area contributed by atoms with E-state index in [0.717, 1.165) is 0 Å². The number of aliphatic hydroxyl groups excluding tert-OH is 7. The van der Waals surface area contributed by atoms with Crippen molar-refractivity contribution < 1.29 is 50.0 Å². The summed E-state index contributed by atoms with van der Waals surface area (Å²) < 4.78 is 15.0. The SMILES string of the molecule is OC[C@H]1O[C@@H](O[C@@H]2[C@@H](O)[C@H](O)CO[C@H]2O)[C@H](O)[C@@H](O)[C@@H]1O. The smallest absolute Gasteiger partial charge is 0.187 e. The molecule has 10 nitrogen and oxygen atoms in total. The highest BCUT2D eigenvalue weighted by atomic mass is 16.7. The van der Waals surface area contributed by atoms with Gasteiger partial charge in [0.15, 0.2) is 12.6 Å². The molecule has 0 bridgehead atoms. The van der Waals surface area contributed by atoms with Gasteiger partial charge in [0.2, 0.25) is 0 Å². The average molecular weight is 312 g/mol. The third-order valence-electron chi connectivity index (χ3n) is 3.59. The van der Waals surface area contributed by atoms with E-state index in [-0.39, 0.29) is 6.61 Å². The Kier molecular flexibility index (Phi) is 5.48. The Morgan fingerprint density at radius 3 is 2.19 bits per heavy atom. The second-order valence-electron chi connectivity index (χ2n) is 5.08. The lowest BCUT2D eigenvalue weighted by Crippen LogP contribution is -2.62. The Bertz CT molecular complexity index is 339. The van der Waals surface area contributed by atoms with Crippen molar-refractivity contribution in [3.8, 4) is 0 Å². The Morgan fingerprint density at radius 2 is 1.57 bits per heavy atom. The van der Waals surface area contributed by atoms with Crippen molar-refractivity contribution in [1.29, 1.82) is 0 Å². The van der Waals surface area contributed by atoms with Gasteiger partial charge in [0.05, 0.1) is 13.2 Å². The van der Waals surface area contributed by atoms with E-state index in [2.05, 4.69) is 0 Å². The lowest BCUT2D eigenvalue weighted by atomic mass is 9.99. The largest absolute Gasteiger partial charge is 0.394 e. The van der Waals surface area contributed by atoms with Gasteiger partial charge in [-0.25, -0.2) is 0 Å². The first-order chi connectivity index (χ1) is 9.86. The molecule has 2 aliphatic heterocycles. The fourth-order valence-corrected chi connectivity index (χ4v) is 2.26. The predicted molar refractivity (Wildman–Crippen MR) is 62.6 cm³/mol. The lowest BCUT2D eigenvalue weighted by Gasteiger charge is -2.43. The Balaban J connectivity index is 2.06. The fraction of sp³-hybridized carbons (Fsp3) is 1.00. The van der Waals surface area contributed by atoms with E-state index >= 15 is 0 Å². The quantitative estimate of drug-likeness (QED) is 0.268. The first-order valence-corrected chi connectivity index (χ1v) is 6.48. The van der Waals surface area contributed by atoms with Crippen LogP contribution in [-0.4, -0.2) is 104 Å². The summed E-state index contributed by atoms with van der Waals surface area (Å²) in [5, 5.41) is 66.8. The normalized spacial score (nSPS) is 51.9. The number of ether oxygens (including phenoxy) is 3. The van der Waals surface area contributed by atoms with E-state index in [9.17, 15) is 30.6 Å². The number of aliphatic hydroxyl groups is 7. The minimum atomic E-state index is -1.68. The van der Waals surface area contributed by atoms with E-state index in [1.807, 2.05) is 0 Å². The molecule has 2 fully saturated rings. The van der Waals surface area contributed by atoms with Gasteiger partial charge in [0.1, 0.15) is 42.7 Å². The third-order valence-corrected chi connectivity index (χ3v) is 3.59. The first kappa shape index (κ1) is 17.0. The maximum Gasteiger partial charge on any atom is 0.187 e. The monoisotopic (exact) mass is 312 g/mol. The third kappa shape index (κ3) is 3.35. The Hall–Kier alpha value is -0.400. The molecule has 0 aromatic heterocycles. The highest BCUT2D eigenvalue weighted by Gasteiger charge is 2.48. The van der Waals surface area contributed by atoms with Gasteiger partial charge in [-0.1, -0.05) is 0 Å².